The van der Waals surface area contributed by atoms with Gasteiger partial charge in [-0.2, -0.15) is 10.1 Å². The molecule has 2 aromatic carbocycles. The van der Waals surface area contributed by atoms with E-state index < -0.39 is 0 Å². The molecule has 0 bridgehead atoms. The Balaban J connectivity index is 1.65. The molecule has 5 nitrogen and oxygen atoms in total. The Morgan fingerprint density at radius 1 is 0.955 bits per heavy atom. The highest BCUT2D eigenvalue weighted by atomic mass is 15.3. The standard InChI is InChI=1S/C17H17N5/c1-13-7-9-14(10-8-13)11-18-17-21-16(12-19-22-17)20-15-5-3-2-4-6-15/h2-10,12H,11H2,1H3,(H2,18,20,21,22). The Morgan fingerprint density at radius 3 is 2.50 bits per heavy atom. The average Bonchev–Trinajstić information content (AvgIpc) is 2.56. The predicted octanol–water partition coefficient (Wildman–Crippen LogP) is 3.54. The van der Waals surface area contributed by atoms with Gasteiger partial charge in [-0.3, -0.25) is 0 Å². The molecule has 2 N–H and O–H groups in total. The molecular weight excluding hydrogens is 274 g/mol. The van der Waals surface area contributed by atoms with Gasteiger partial charge in [0.25, 0.3) is 0 Å². The first-order valence-corrected chi connectivity index (χ1v) is 7.11. The molecule has 0 aliphatic rings. The van der Waals surface area contributed by atoms with E-state index in [2.05, 4.69) is 57.0 Å². The number of nitrogens with one attached hydrogen (secondary N) is 2. The van der Waals surface area contributed by atoms with E-state index in [0.29, 0.717) is 18.3 Å². The molecule has 22 heavy (non-hydrogen) atoms. The normalized spacial score (nSPS) is 10.2. The molecule has 3 rings (SSSR count). The SMILES string of the molecule is Cc1ccc(CNc2nncc(Nc3ccccc3)n2)cc1. The van der Waals surface area contributed by atoms with Gasteiger partial charge in [0.05, 0.1) is 6.20 Å². The number of para-hydroxylation sites is 1. The average molecular weight is 291 g/mol. The van der Waals surface area contributed by atoms with Crippen LogP contribution in [0.3, 0.4) is 0 Å². The summed E-state index contributed by atoms with van der Waals surface area (Å²) in [5, 5.41) is 14.3. The van der Waals surface area contributed by atoms with Gasteiger partial charge in [-0.15, -0.1) is 5.10 Å². The van der Waals surface area contributed by atoms with Crippen LogP contribution in [-0.2, 0) is 6.54 Å². The number of aryl methyl sites for hydroxylation is 1. The fraction of sp³-hybridized carbons (Fsp3) is 0.118. The molecule has 0 saturated heterocycles. The number of hydrogen-bond acceptors (Lipinski definition) is 5. The zero-order valence-electron chi connectivity index (χ0n) is 12.3. The molecule has 0 aliphatic carbocycles. The zero-order chi connectivity index (χ0) is 15.2. The summed E-state index contributed by atoms with van der Waals surface area (Å²) in [6.07, 6.45) is 1.60. The molecule has 1 heterocycles. The maximum atomic E-state index is 4.40. The first kappa shape index (κ1) is 14.0. The van der Waals surface area contributed by atoms with E-state index in [1.54, 1.807) is 6.20 Å². The van der Waals surface area contributed by atoms with Crippen molar-refractivity contribution in [2.75, 3.05) is 10.6 Å². The summed E-state index contributed by atoms with van der Waals surface area (Å²) in [6, 6.07) is 18.2. The summed E-state index contributed by atoms with van der Waals surface area (Å²) in [5.74, 6) is 1.16. The van der Waals surface area contributed by atoms with Gasteiger partial charge in [-0.1, -0.05) is 48.0 Å². The molecule has 0 saturated carbocycles. The lowest BCUT2D eigenvalue weighted by Gasteiger charge is -2.07. The molecule has 0 fully saturated rings. The summed E-state index contributed by atoms with van der Waals surface area (Å²) >= 11 is 0. The van der Waals surface area contributed by atoms with E-state index >= 15 is 0 Å². The summed E-state index contributed by atoms with van der Waals surface area (Å²) < 4.78 is 0. The third-order valence-electron chi connectivity index (χ3n) is 3.18. The van der Waals surface area contributed by atoms with Crippen LogP contribution in [0, 0.1) is 6.92 Å². The minimum Gasteiger partial charge on any atom is -0.349 e. The maximum absolute atomic E-state index is 4.40. The first-order valence-electron chi connectivity index (χ1n) is 7.11. The van der Waals surface area contributed by atoms with Crippen molar-refractivity contribution in [3.05, 3.63) is 71.9 Å². The van der Waals surface area contributed by atoms with Crippen molar-refractivity contribution in [2.45, 2.75) is 13.5 Å². The number of rotatable bonds is 5. The smallest absolute Gasteiger partial charge is 0.244 e. The van der Waals surface area contributed by atoms with Gasteiger partial charge in [0.15, 0.2) is 5.82 Å². The molecule has 0 radical (unpaired) electrons. The highest BCUT2D eigenvalue weighted by molar-refractivity contribution is 5.55. The number of benzene rings is 2. The second-order valence-electron chi connectivity index (χ2n) is 5.00. The Hall–Kier alpha value is -2.95. The number of aromatic nitrogens is 3. The number of anilines is 3. The molecule has 0 spiro atoms. The van der Waals surface area contributed by atoms with Crippen LogP contribution >= 0.6 is 0 Å². The molecule has 0 amide bonds. The Bertz CT molecular complexity index is 726. The van der Waals surface area contributed by atoms with Crippen LogP contribution in [0.4, 0.5) is 17.5 Å². The second kappa shape index (κ2) is 6.67. The predicted molar refractivity (Wildman–Crippen MR) is 88.1 cm³/mol. The fourth-order valence-electron chi connectivity index (χ4n) is 2.00. The van der Waals surface area contributed by atoms with Crippen LogP contribution in [0.15, 0.2) is 60.8 Å². The van der Waals surface area contributed by atoms with E-state index in [0.717, 1.165) is 5.69 Å². The third-order valence-corrected chi connectivity index (χ3v) is 3.18. The van der Waals surface area contributed by atoms with Gasteiger partial charge < -0.3 is 10.6 Å². The highest BCUT2D eigenvalue weighted by Crippen LogP contribution is 2.13. The molecule has 5 heteroatoms. The summed E-state index contributed by atoms with van der Waals surface area (Å²) in [4.78, 5) is 4.40. The summed E-state index contributed by atoms with van der Waals surface area (Å²) in [5.41, 5.74) is 3.39. The molecule has 1 aromatic heterocycles. The zero-order valence-corrected chi connectivity index (χ0v) is 12.3. The lowest BCUT2D eigenvalue weighted by atomic mass is 10.1. The molecular formula is C17H17N5. The van der Waals surface area contributed by atoms with Gasteiger partial charge in [0.2, 0.25) is 5.95 Å². The van der Waals surface area contributed by atoms with Crippen LogP contribution in [-0.4, -0.2) is 15.2 Å². The quantitative estimate of drug-likeness (QED) is 0.753. The largest absolute Gasteiger partial charge is 0.349 e. The lowest BCUT2D eigenvalue weighted by Crippen LogP contribution is -2.06. The van der Waals surface area contributed by atoms with Crippen LogP contribution in [0.25, 0.3) is 0 Å². The van der Waals surface area contributed by atoms with E-state index in [1.165, 1.54) is 11.1 Å². The topological polar surface area (TPSA) is 62.7 Å². The van der Waals surface area contributed by atoms with Crippen molar-refractivity contribution in [2.24, 2.45) is 0 Å². The van der Waals surface area contributed by atoms with E-state index in [1.807, 2.05) is 30.3 Å². The molecule has 0 unspecified atom stereocenters. The second-order valence-corrected chi connectivity index (χ2v) is 5.00. The van der Waals surface area contributed by atoms with Gasteiger partial charge >= 0.3 is 0 Å². The molecule has 0 atom stereocenters. The minimum absolute atomic E-state index is 0.501. The van der Waals surface area contributed by atoms with Crippen molar-refractivity contribution < 1.29 is 0 Å². The van der Waals surface area contributed by atoms with Crippen LogP contribution in [0.1, 0.15) is 11.1 Å². The summed E-state index contributed by atoms with van der Waals surface area (Å²) in [7, 11) is 0. The van der Waals surface area contributed by atoms with E-state index in [9.17, 15) is 0 Å². The Kier molecular flexibility index (Phi) is 4.25. The lowest BCUT2D eigenvalue weighted by molar-refractivity contribution is 0.948. The fourth-order valence-corrected chi connectivity index (χ4v) is 2.00. The van der Waals surface area contributed by atoms with E-state index in [-0.39, 0.29) is 0 Å². The monoisotopic (exact) mass is 291 g/mol. The Morgan fingerprint density at radius 2 is 1.73 bits per heavy atom. The van der Waals surface area contributed by atoms with E-state index in [4.69, 9.17) is 0 Å². The van der Waals surface area contributed by atoms with Gasteiger partial charge in [-0.25, -0.2) is 0 Å². The van der Waals surface area contributed by atoms with Crippen molar-refractivity contribution in [3.8, 4) is 0 Å². The minimum atomic E-state index is 0.501. The van der Waals surface area contributed by atoms with Gasteiger partial charge in [0.1, 0.15) is 0 Å². The van der Waals surface area contributed by atoms with Gasteiger partial charge in [0, 0.05) is 12.2 Å². The van der Waals surface area contributed by atoms with Crippen molar-refractivity contribution >= 4 is 17.5 Å². The maximum Gasteiger partial charge on any atom is 0.244 e. The highest BCUT2D eigenvalue weighted by Gasteiger charge is 2.01. The Labute approximate surface area is 129 Å². The van der Waals surface area contributed by atoms with Crippen molar-refractivity contribution in [1.29, 1.82) is 0 Å². The van der Waals surface area contributed by atoms with Crippen LogP contribution < -0.4 is 10.6 Å². The van der Waals surface area contributed by atoms with Gasteiger partial charge in [-0.05, 0) is 24.6 Å². The third kappa shape index (κ3) is 3.79. The van der Waals surface area contributed by atoms with Crippen molar-refractivity contribution in [1.82, 2.24) is 15.2 Å². The van der Waals surface area contributed by atoms with Crippen LogP contribution in [0.2, 0.25) is 0 Å². The summed E-state index contributed by atoms with van der Waals surface area (Å²) in [6.45, 7) is 2.74. The molecule has 110 valence electrons. The first-order chi connectivity index (χ1) is 10.8. The molecule has 3 aromatic rings. The van der Waals surface area contributed by atoms with Crippen LogP contribution in [0.5, 0.6) is 0 Å². The molecule has 0 aliphatic heterocycles. The number of hydrogen-bond donors (Lipinski definition) is 2. The number of nitrogens with zero attached hydrogens (tertiary/aromatic N) is 3. The van der Waals surface area contributed by atoms with Crippen molar-refractivity contribution in [3.63, 3.8) is 0 Å².